The van der Waals surface area contributed by atoms with Crippen LogP contribution < -0.4 is 15.0 Å². The zero-order valence-corrected chi connectivity index (χ0v) is 12.3. The Hall–Kier alpha value is -2.53. The second kappa shape index (κ2) is 6.07. The van der Waals surface area contributed by atoms with Gasteiger partial charge in [-0.2, -0.15) is 0 Å². The van der Waals surface area contributed by atoms with E-state index in [1.807, 2.05) is 6.07 Å². The zero-order valence-electron chi connectivity index (χ0n) is 11.6. The number of anilines is 2. The molecule has 0 spiro atoms. The first-order chi connectivity index (χ1) is 10.6. The number of rotatable bonds is 3. The second-order valence-electron chi connectivity index (χ2n) is 4.79. The van der Waals surface area contributed by atoms with Gasteiger partial charge in [0.15, 0.2) is 6.61 Å². The standard InChI is InChI=1S/C16H13ClN2O3/c17-11-4-3-5-12(8-11)22-10-16(21)19-9-15(20)18-13-6-1-2-7-14(13)19/h1-8H,9-10H2,(H,18,20). The van der Waals surface area contributed by atoms with Crippen LogP contribution in [0.2, 0.25) is 5.02 Å². The molecule has 0 atom stereocenters. The molecule has 1 N–H and O–H groups in total. The van der Waals surface area contributed by atoms with E-state index in [-0.39, 0.29) is 25.0 Å². The Kier molecular flexibility index (Phi) is 3.98. The molecule has 0 fully saturated rings. The molecule has 1 heterocycles. The normalized spacial score (nSPS) is 13.3. The van der Waals surface area contributed by atoms with E-state index in [0.29, 0.717) is 22.1 Å². The molecule has 1 aliphatic heterocycles. The molecular formula is C16H13ClN2O3. The van der Waals surface area contributed by atoms with Gasteiger partial charge in [0.2, 0.25) is 5.91 Å². The second-order valence-corrected chi connectivity index (χ2v) is 5.23. The predicted molar refractivity (Wildman–Crippen MR) is 84.4 cm³/mol. The van der Waals surface area contributed by atoms with Gasteiger partial charge in [0.05, 0.1) is 11.4 Å². The van der Waals surface area contributed by atoms with Gasteiger partial charge in [0.25, 0.3) is 5.91 Å². The number of carbonyl (C=O) groups is 2. The maximum Gasteiger partial charge on any atom is 0.265 e. The number of benzene rings is 2. The third-order valence-electron chi connectivity index (χ3n) is 3.23. The SMILES string of the molecule is O=C1CN(C(=O)COc2cccc(Cl)c2)c2ccccc2N1. The summed E-state index contributed by atoms with van der Waals surface area (Å²) in [5.74, 6) is -0.00678. The molecule has 2 amide bonds. The lowest BCUT2D eigenvalue weighted by Crippen LogP contribution is -2.44. The Bertz CT molecular complexity index is 733. The molecule has 0 unspecified atom stereocenters. The van der Waals surface area contributed by atoms with Crippen molar-refractivity contribution in [2.75, 3.05) is 23.4 Å². The molecule has 0 saturated heterocycles. The molecule has 0 radical (unpaired) electrons. The van der Waals surface area contributed by atoms with Crippen molar-refractivity contribution in [1.82, 2.24) is 0 Å². The molecule has 5 nitrogen and oxygen atoms in total. The van der Waals surface area contributed by atoms with Gasteiger partial charge in [-0.05, 0) is 30.3 Å². The topological polar surface area (TPSA) is 58.6 Å². The first-order valence-corrected chi connectivity index (χ1v) is 7.09. The Balaban J connectivity index is 1.74. The summed E-state index contributed by atoms with van der Waals surface area (Å²) in [6, 6.07) is 14.0. The van der Waals surface area contributed by atoms with Crippen LogP contribution in [0.1, 0.15) is 0 Å². The highest BCUT2D eigenvalue weighted by Crippen LogP contribution is 2.29. The van der Waals surface area contributed by atoms with Crippen LogP contribution in [0.4, 0.5) is 11.4 Å². The molecule has 0 aromatic heterocycles. The first-order valence-electron chi connectivity index (χ1n) is 6.71. The average molecular weight is 317 g/mol. The van der Waals surface area contributed by atoms with Crippen LogP contribution in [-0.2, 0) is 9.59 Å². The van der Waals surface area contributed by atoms with Gasteiger partial charge in [-0.1, -0.05) is 29.8 Å². The van der Waals surface area contributed by atoms with Crippen molar-refractivity contribution in [3.05, 3.63) is 53.6 Å². The minimum absolute atomic E-state index is 0.0191. The Morgan fingerprint density at radius 3 is 2.86 bits per heavy atom. The number of halogens is 1. The van der Waals surface area contributed by atoms with E-state index in [9.17, 15) is 9.59 Å². The monoisotopic (exact) mass is 316 g/mol. The maximum atomic E-state index is 12.4. The van der Waals surface area contributed by atoms with Gasteiger partial charge in [-0.15, -0.1) is 0 Å². The van der Waals surface area contributed by atoms with E-state index in [4.69, 9.17) is 16.3 Å². The molecule has 0 bridgehead atoms. The number of nitrogens with zero attached hydrogens (tertiary/aromatic N) is 1. The number of amides is 2. The van der Waals surface area contributed by atoms with Crippen molar-refractivity contribution in [1.29, 1.82) is 0 Å². The van der Waals surface area contributed by atoms with Crippen molar-refractivity contribution < 1.29 is 14.3 Å². The van der Waals surface area contributed by atoms with Crippen molar-refractivity contribution in [3.63, 3.8) is 0 Å². The number of hydrogen-bond acceptors (Lipinski definition) is 3. The molecule has 112 valence electrons. The molecule has 6 heteroatoms. The Morgan fingerprint density at radius 2 is 2.05 bits per heavy atom. The molecule has 2 aromatic rings. The van der Waals surface area contributed by atoms with Gasteiger partial charge in [0, 0.05) is 5.02 Å². The van der Waals surface area contributed by atoms with Crippen LogP contribution in [0.3, 0.4) is 0 Å². The van der Waals surface area contributed by atoms with Crippen molar-refractivity contribution in [2.45, 2.75) is 0 Å². The van der Waals surface area contributed by atoms with Gasteiger partial charge in [0.1, 0.15) is 12.3 Å². The first kappa shape index (κ1) is 14.4. The van der Waals surface area contributed by atoms with Crippen molar-refractivity contribution >= 4 is 34.8 Å². The molecule has 2 aromatic carbocycles. The van der Waals surface area contributed by atoms with Gasteiger partial charge in [-0.25, -0.2) is 0 Å². The minimum atomic E-state index is -0.290. The van der Waals surface area contributed by atoms with Crippen LogP contribution in [0.15, 0.2) is 48.5 Å². The molecule has 0 saturated carbocycles. The summed E-state index contributed by atoms with van der Waals surface area (Å²) in [5, 5.41) is 3.27. The van der Waals surface area contributed by atoms with Crippen LogP contribution in [0.5, 0.6) is 5.75 Å². The van der Waals surface area contributed by atoms with E-state index in [2.05, 4.69) is 5.32 Å². The van der Waals surface area contributed by atoms with E-state index >= 15 is 0 Å². The Morgan fingerprint density at radius 1 is 1.23 bits per heavy atom. The third kappa shape index (κ3) is 3.04. The predicted octanol–water partition coefficient (Wildman–Crippen LogP) is 2.70. The highest BCUT2D eigenvalue weighted by Gasteiger charge is 2.26. The van der Waals surface area contributed by atoms with E-state index < -0.39 is 0 Å². The quantitative estimate of drug-likeness (QED) is 0.947. The van der Waals surface area contributed by atoms with Crippen molar-refractivity contribution in [3.8, 4) is 5.75 Å². The number of carbonyl (C=O) groups excluding carboxylic acids is 2. The summed E-state index contributed by atoms with van der Waals surface area (Å²) in [6.45, 7) is -0.184. The Labute approximate surface area is 132 Å². The number of hydrogen-bond donors (Lipinski definition) is 1. The fraction of sp³-hybridized carbons (Fsp3) is 0.125. The molecule has 22 heavy (non-hydrogen) atoms. The van der Waals surface area contributed by atoms with Crippen LogP contribution >= 0.6 is 11.6 Å². The maximum absolute atomic E-state index is 12.4. The summed E-state index contributed by atoms with van der Waals surface area (Å²) in [5.41, 5.74) is 1.29. The number of ether oxygens (including phenoxy) is 1. The average Bonchev–Trinajstić information content (AvgIpc) is 2.52. The van der Waals surface area contributed by atoms with E-state index in [1.165, 1.54) is 4.90 Å². The summed E-state index contributed by atoms with van der Waals surface area (Å²) in [4.78, 5) is 25.5. The molecule has 0 aliphatic carbocycles. The summed E-state index contributed by atoms with van der Waals surface area (Å²) < 4.78 is 5.44. The third-order valence-corrected chi connectivity index (χ3v) is 3.47. The van der Waals surface area contributed by atoms with Crippen LogP contribution in [-0.4, -0.2) is 25.0 Å². The largest absolute Gasteiger partial charge is 0.484 e. The summed E-state index contributed by atoms with van der Waals surface area (Å²) in [6.07, 6.45) is 0. The minimum Gasteiger partial charge on any atom is -0.484 e. The van der Waals surface area contributed by atoms with E-state index in [0.717, 1.165) is 0 Å². The summed E-state index contributed by atoms with van der Waals surface area (Å²) >= 11 is 5.87. The highest BCUT2D eigenvalue weighted by molar-refractivity contribution is 6.30. The van der Waals surface area contributed by atoms with Crippen LogP contribution in [0, 0.1) is 0 Å². The van der Waals surface area contributed by atoms with Gasteiger partial charge < -0.3 is 10.1 Å². The van der Waals surface area contributed by atoms with Gasteiger partial charge in [-0.3, -0.25) is 14.5 Å². The lowest BCUT2D eigenvalue weighted by molar-refractivity contribution is -0.123. The smallest absolute Gasteiger partial charge is 0.265 e. The molecular weight excluding hydrogens is 304 g/mol. The lowest BCUT2D eigenvalue weighted by atomic mass is 10.2. The number of nitrogens with one attached hydrogen (secondary N) is 1. The fourth-order valence-electron chi connectivity index (χ4n) is 2.24. The lowest BCUT2D eigenvalue weighted by Gasteiger charge is -2.29. The molecule has 3 rings (SSSR count). The number of fused-ring (bicyclic) bond motifs is 1. The molecule has 1 aliphatic rings. The zero-order chi connectivity index (χ0) is 15.5. The van der Waals surface area contributed by atoms with Gasteiger partial charge >= 0.3 is 0 Å². The summed E-state index contributed by atoms with van der Waals surface area (Å²) in [7, 11) is 0. The number of para-hydroxylation sites is 2. The van der Waals surface area contributed by atoms with E-state index in [1.54, 1.807) is 42.5 Å². The van der Waals surface area contributed by atoms with Crippen molar-refractivity contribution in [2.24, 2.45) is 0 Å². The fourth-order valence-corrected chi connectivity index (χ4v) is 2.42. The van der Waals surface area contributed by atoms with Crippen LogP contribution in [0.25, 0.3) is 0 Å². The highest BCUT2D eigenvalue weighted by atomic mass is 35.5.